The van der Waals surface area contributed by atoms with Crippen LogP contribution in [-0.4, -0.2) is 24.4 Å². The maximum atomic E-state index is 12.4. The third kappa shape index (κ3) is 4.70. The lowest BCUT2D eigenvalue weighted by molar-refractivity contribution is -0.124. The Labute approximate surface area is 141 Å². The molecule has 0 bridgehead atoms. The topological polar surface area (TPSA) is 97.4 Å². The number of nitrogens with two attached hydrogens (primary N) is 1. The van der Waals surface area contributed by atoms with Crippen molar-refractivity contribution in [2.45, 2.75) is 25.9 Å². The molecule has 0 saturated carbocycles. The molecule has 4 N–H and O–H groups in total. The number of furan rings is 1. The molecule has 24 heavy (non-hydrogen) atoms. The Kier molecular flexibility index (Phi) is 6.14. The Morgan fingerprint density at radius 2 is 1.83 bits per heavy atom. The molecular formula is C18H23N3O3. The number of carbonyl (C=O) groups is 2. The highest BCUT2D eigenvalue weighted by molar-refractivity contribution is 5.95. The molecule has 0 saturated heterocycles. The zero-order valence-electron chi connectivity index (χ0n) is 13.9. The summed E-state index contributed by atoms with van der Waals surface area (Å²) in [4.78, 5) is 24.5. The van der Waals surface area contributed by atoms with Crippen LogP contribution in [0.15, 0.2) is 53.1 Å². The van der Waals surface area contributed by atoms with Gasteiger partial charge in [-0.25, -0.2) is 0 Å². The van der Waals surface area contributed by atoms with Gasteiger partial charge in [0.1, 0.15) is 6.04 Å². The smallest absolute Gasteiger partial charge is 0.287 e. The van der Waals surface area contributed by atoms with E-state index >= 15 is 0 Å². The maximum Gasteiger partial charge on any atom is 0.287 e. The highest BCUT2D eigenvalue weighted by Gasteiger charge is 2.25. The summed E-state index contributed by atoms with van der Waals surface area (Å²) in [6, 6.07) is 11.7. The summed E-state index contributed by atoms with van der Waals surface area (Å²) in [5.41, 5.74) is 7.02. The summed E-state index contributed by atoms with van der Waals surface area (Å²) < 4.78 is 5.05. The number of hydrogen-bond acceptors (Lipinski definition) is 4. The van der Waals surface area contributed by atoms with Crippen LogP contribution in [0.25, 0.3) is 0 Å². The van der Waals surface area contributed by atoms with E-state index < -0.39 is 11.9 Å². The minimum absolute atomic E-state index is 0.0723. The highest BCUT2D eigenvalue weighted by atomic mass is 16.3. The number of amides is 2. The van der Waals surface area contributed by atoms with Gasteiger partial charge in [-0.3, -0.25) is 9.59 Å². The van der Waals surface area contributed by atoms with E-state index in [9.17, 15) is 9.59 Å². The summed E-state index contributed by atoms with van der Waals surface area (Å²) in [6.45, 7) is 4.02. The first-order chi connectivity index (χ1) is 11.5. The second kappa shape index (κ2) is 8.31. The molecule has 1 aromatic carbocycles. The van der Waals surface area contributed by atoms with Crippen LogP contribution in [0.5, 0.6) is 0 Å². The number of hydrogen-bond donors (Lipinski definition) is 3. The molecule has 6 nitrogen and oxygen atoms in total. The van der Waals surface area contributed by atoms with E-state index in [-0.39, 0.29) is 23.6 Å². The largest absolute Gasteiger partial charge is 0.459 e. The van der Waals surface area contributed by atoms with Crippen molar-refractivity contribution >= 4 is 11.8 Å². The van der Waals surface area contributed by atoms with E-state index in [1.54, 1.807) is 12.1 Å². The Morgan fingerprint density at radius 3 is 2.42 bits per heavy atom. The minimum atomic E-state index is -0.662. The van der Waals surface area contributed by atoms with E-state index in [4.69, 9.17) is 10.2 Å². The van der Waals surface area contributed by atoms with Crippen molar-refractivity contribution in [2.24, 2.45) is 11.7 Å². The Bertz CT molecular complexity index is 653. The van der Waals surface area contributed by atoms with Crippen molar-refractivity contribution in [2.75, 3.05) is 6.54 Å². The maximum absolute atomic E-state index is 12.4. The molecule has 0 spiro atoms. The molecule has 0 radical (unpaired) electrons. The molecule has 0 aliphatic rings. The van der Waals surface area contributed by atoms with Gasteiger partial charge in [0, 0.05) is 12.6 Å². The molecular weight excluding hydrogens is 306 g/mol. The molecule has 128 valence electrons. The van der Waals surface area contributed by atoms with Crippen LogP contribution in [0, 0.1) is 5.92 Å². The molecule has 0 aliphatic heterocycles. The predicted octanol–water partition coefficient (Wildman–Crippen LogP) is 1.85. The van der Waals surface area contributed by atoms with E-state index in [1.165, 1.54) is 6.26 Å². The molecule has 1 aromatic heterocycles. The molecule has 6 heteroatoms. The van der Waals surface area contributed by atoms with Crippen LogP contribution in [0.2, 0.25) is 0 Å². The summed E-state index contributed by atoms with van der Waals surface area (Å²) in [5.74, 6) is -0.580. The summed E-state index contributed by atoms with van der Waals surface area (Å²) in [7, 11) is 0. The van der Waals surface area contributed by atoms with Gasteiger partial charge in [0.2, 0.25) is 5.91 Å². The Hall–Kier alpha value is -2.60. The van der Waals surface area contributed by atoms with E-state index in [1.807, 2.05) is 44.2 Å². The molecule has 2 unspecified atom stereocenters. The Balaban J connectivity index is 1.93. The summed E-state index contributed by atoms with van der Waals surface area (Å²) >= 11 is 0. The minimum Gasteiger partial charge on any atom is -0.459 e. The quantitative estimate of drug-likeness (QED) is 0.722. The average molecular weight is 329 g/mol. The predicted molar refractivity (Wildman–Crippen MR) is 91.2 cm³/mol. The van der Waals surface area contributed by atoms with Crippen LogP contribution >= 0.6 is 0 Å². The van der Waals surface area contributed by atoms with Gasteiger partial charge in [-0.1, -0.05) is 44.2 Å². The lowest BCUT2D eigenvalue weighted by atomic mass is 10.0. The fourth-order valence-electron chi connectivity index (χ4n) is 2.29. The highest BCUT2D eigenvalue weighted by Crippen LogP contribution is 2.09. The number of nitrogens with one attached hydrogen (secondary N) is 2. The lowest BCUT2D eigenvalue weighted by Crippen LogP contribution is -2.50. The molecule has 1 heterocycles. The van der Waals surface area contributed by atoms with E-state index in [2.05, 4.69) is 10.6 Å². The number of carbonyl (C=O) groups excluding carboxylic acids is 2. The number of benzene rings is 1. The SMILES string of the molecule is CC(C)C(NC(=O)c1ccco1)C(=O)NCC(N)c1ccccc1. The van der Waals surface area contributed by atoms with Gasteiger partial charge in [-0.2, -0.15) is 0 Å². The first-order valence-corrected chi connectivity index (χ1v) is 7.91. The van der Waals surface area contributed by atoms with Gasteiger partial charge in [0.25, 0.3) is 5.91 Å². The van der Waals surface area contributed by atoms with Crippen LogP contribution in [0.1, 0.15) is 36.0 Å². The molecule has 2 aromatic rings. The van der Waals surface area contributed by atoms with Crippen molar-refractivity contribution in [1.82, 2.24) is 10.6 Å². The van der Waals surface area contributed by atoms with Crippen LogP contribution in [0.4, 0.5) is 0 Å². The zero-order valence-corrected chi connectivity index (χ0v) is 13.9. The van der Waals surface area contributed by atoms with Crippen molar-refractivity contribution in [1.29, 1.82) is 0 Å². The standard InChI is InChI=1S/C18H23N3O3/c1-12(2)16(21-17(22)15-9-6-10-24-15)18(23)20-11-14(19)13-7-4-3-5-8-13/h3-10,12,14,16H,11,19H2,1-2H3,(H,20,23)(H,21,22). The van der Waals surface area contributed by atoms with E-state index in [0.717, 1.165) is 5.56 Å². The third-order valence-corrected chi connectivity index (χ3v) is 3.70. The molecule has 0 fully saturated rings. The second-order valence-electron chi connectivity index (χ2n) is 5.93. The van der Waals surface area contributed by atoms with Crippen LogP contribution in [0.3, 0.4) is 0 Å². The zero-order chi connectivity index (χ0) is 17.5. The first-order valence-electron chi connectivity index (χ1n) is 7.91. The van der Waals surface area contributed by atoms with E-state index in [0.29, 0.717) is 6.54 Å². The van der Waals surface area contributed by atoms with Gasteiger partial charge in [0.15, 0.2) is 5.76 Å². The second-order valence-corrected chi connectivity index (χ2v) is 5.93. The van der Waals surface area contributed by atoms with Crippen LogP contribution < -0.4 is 16.4 Å². The summed E-state index contributed by atoms with van der Waals surface area (Å²) in [6.07, 6.45) is 1.41. The van der Waals surface area contributed by atoms with Crippen molar-refractivity contribution in [3.05, 3.63) is 60.1 Å². The van der Waals surface area contributed by atoms with Crippen molar-refractivity contribution in [3.8, 4) is 0 Å². The molecule has 2 atom stereocenters. The van der Waals surface area contributed by atoms with Crippen LogP contribution in [-0.2, 0) is 4.79 Å². The molecule has 2 rings (SSSR count). The van der Waals surface area contributed by atoms with Gasteiger partial charge < -0.3 is 20.8 Å². The monoisotopic (exact) mass is 329 g/mol. The molecule has 0 aliphatic carbocycles. The average Bonchev–Trinajstić information content (AvgIpc) is 3.12. The normalized spacial score (nSPS) is 13.3. The summed E-state index contributed by atoms with van der Waals surface area (Å²) in [5, 5.41) is 5.50. The van der Waals surface area contributed by atoms with Gasteiger partial charge >= 0.3 is 0 Å². The van der Waals surface area contributed by atoms with Gasteiger partial charge in [0.05, 0.1) is 6.26 Å². The van der Waals surface area contributed by atoms with Gasteiger partial charge in [-0.15, -0.1) is 0 Å². The Morgan fingerprint density at radius 1 is 1.12 bits per heavy atom. The number of rotatable bonds is 7. The first kappa shape index (κ1) is 17.7. The fourth-order valence-corrected chi connectivity index (χ4v) is 2.29. The van der Waals surface area contributed by atoms with Gasteiger partial charge in [-0.05, 0) is 23.6 Å². The lowest BCUT2D eigenvalue weighted by Gasteiger charge is -2.22. The third-order valence-electron chi connectivity index (χ3n) is 3.70. The van der Waals surface area contributed by atoms with Crippen molar-refractivity contribution in [3.63, 3.8) is 0 Å². The van der Waals surface area contributed by atoms with Crippen molar-refractivity contribution < 1.29 is 14.0 Å². The fraction of sp³-hybridized carbons (Fsp3) is 0.333. The molecule has 2 amide bonds.